The summed E-state index contributed by atoms with van der Waals surface area (Å²) in [7, 11) is 0. The number of hydrogen-bond acceptors (Lipinski definition) is 4. The van der Waals surface area contributed by atoms with Crippen molar-refractivity contribution in [1.29, 1.82) is 5.26 Å². The second kappa shape index (κ2) is 4.28. The van der Waals surface area contributed by atoms with Crippen molar-refractivity contribution in [3.05, 3.63) is 23.9 Å². The van der Waals surface area contributed by atoms with Crippen LogP contribution in [0.25, 0.3) is 0 Å². The zero-order chi connectivity index (χ0) is 10.7. The van der Waals surface area contributed by atoms with E-state index < -0.39 is 0 Å². The van der Waals surface area contributed by atoms with Crippen molar-refractivity contribution in [3.8, 4) is 6.07 Å². The maximum absolute atomic E-state index is 8.78. The third-order valence-corrected chi connectivity index (χ3v) is 2.43. The highest BCUT2D eigenvalue weighted by molar-refractivity contribution is 5.40. The molecule has 15 heavy (non-hydrogen) atoms. The molecule has 0 bridgehead atoms. The molecule has 1 aromatic heterocycles. The highest BCUT2D eigenvalue weighted by atomic mass is 16.5. The van der Waals surface area contributed by atoms with Crippen molar-refractivity contribution in [1.82, 2.24) is 4.98 Å². The van der Waals surface area contributed by atoms with Crippen molar-refractivity contribution in [2.45, 2.75) is 13.0 Å². The van der Waals surface area contributed by atoms with Gasteiger partial charge in [-0.25, -0.2) is 4.98 Å². The summed E-state index contributed by atoms with van der Waals surface area (Å²) in [6, 6.07) is 6.13. The minimum atomic E-state index is -0.332. The predicted molar refractivity (Wildman–Crippen MR) is 56.5 cm³/mol. The van der Waals surface area contributed by atoms with Crippen molar-refractivity contribution < 1.29 is 4.74 Å². The van der Waals surface area contributed by atoms with Crippen molar-refractivity contribution in [2.75, 3.05) is 24.6 Å². The minimum Gasteiger partial charge on any atom is -0.360 e. The van der Waals surface area contributed by atoms with Gasteiger partial charge in [-0.1, -0.05) is 6.07 Å². The summed E-state index contributed by atoms with van der Waals surface area (Å²) in [5, 5.41) is 8.78. The smallest absolute Gasteiger partial charge is 0.161 e. The van der Waals surface area contributed by atoms with E-state index in [4.69, 9.17) is 10.00 Å². The van der Waals surface area contributed by atoms with Crippen LogP contribution < -0.4 is 4.90 Å². The summed E-state index contributed by atoms with van der Waals surface area (Å²) < 4.78 is 5.27. The standard InChI is InChI=1S/C11H13N3O/c1-9-2-3-11(13-7-9)14-4-5-15-10(6-12)8-14/h2-3,7,10H,4-5,8H2,1H3. The average molecular weight is 203 g/mol. The molecule has 1 aliphatic heterocycles. The van der Waals surface area contributed by atoms with Gasteiger partial charge in [0.1, 0.15) is 5.82 Å². The maximum atomic E-state index is 8.78. The third-order valence-electron chi connectivity index (χ3n) is 2.43. The van der Waals surface area contributed by atoms with Crippen LogP contribution in [-0.4, -0.2) is 30.8 Å². The number of hydrogen-bond donors (Lipinski definition) is 0. The Bertz CT molecular complexity index is 368. The monoisotopic (exact) mass is 203 g/mol. The van der Waals surface area contributed by atoms with Gasteiger partial charge >= 0.3 is 0 Å². The number of pyridine rings is 1. The lowest BCUT2D eigenvalue weighted by molar-refractivity contribution is 0.0761. The van der Waals surface area contributed by atoms with Crippen LogP contribution >= 0.6 is 0 Å². The Balaban J connectivity index is 2.10. The fourth-order valence-corrected chi connectivity index (χ4v) is 1.58. The number of rotatable bonds is 1. The lowest BCUT2D eigenvalue weighted by Gasteiger charge is -2.30. The van der Waals surface area contributed by atoms with Crippen LogP contribution in [0.3, 0.4) is 0 Å². The van der Waals surface area contributed by atoms with Crippen molar-refractivity contribution in [3.63, 3.8) is 0 Å². The molecule has 1 saturated heterocycles. The number of aryl methyl sites for hydroxylation is 1. The average Bonchev–Trinajstić information content (AvgIpc) is 2.30. The van der Waals surface area contributed by atoms with E-state index >= 15 is 0 Å². The second-order valence-corrected chi connectivity index (χ2v) is 3.63. The van der Waals surface area contributed by atoms with Gasteiger partial charge in [0.25, 0.3) is 0 Å². The van der Waals surface area contributed by atoms with Crippen LogP contribution in [0.1, 0.15) is 5.56 Å². The molecule has 0 amide bonds. The van der Waals surface area contributed by atoms with Gasteiger partial charge in [0.2, 0.25) is 0 Å². The van der Waals surface area contributed by atoms with E-state index in [1.807, 2.05) is 25.3 Å². The van der Waals surface area contributed by atoms with Crippen LogP contribution in [0.2, 0.25) is 0 Å². The van der Waals surface area contributed by atoms with E-state index in [0.29, 0.717) is 13.2 Å². The summed E-state index contributed by atoms with van der Waals surface area (Å²) in [4.78, 5) is 6.41. The van der Waals surface area contributed by atoms with Gasteiger partial charge in [0.05, 0.1) is 19.2 Å². The van der Waals surface area contributed by atoms with Crippen molar-refractivity contribution in [2.24, 2.45) is 0 Å². The molecule has 0 aliphatic carbocycles. The fraction of sp³-hybridized carbons (Fsp3) is 0.455. The molecule has 0 aromatic carbocycles. The highest BCUT2D eigenvalue weighted by Crippen LogP contribution is 2.14. The molecule has 1 unspecified atom stereocenters. The normalized spacial score (nSPS) is 21.1. The Hall–Kier alpha value is -1.60. The molecule has 1 aromatic rings. The van der Waals surface area contributed by atoms with Gasteiger partial charge in [-0.3, -0.25) is 0 Å². The molecule has 4 heteroatoms. The lowest BCUT2D eigenvalue weighted by Crippen LogP contribution is -2.42. The number of nitrogens with zero attached hydrogens (tertiary/aromatic N) is 3. The van der Waals surface area contributed by atoms with E-state index in [-0.39, 0.29) is 6.10 Å². The number of anilines is 1. The Morgan fingerprint density at radius 1 is 1.60 bits per heavy atom. The van der Waals surface area contributed by atoms with Gasteiger partial charge < -0.3 is 9.64 Å². The van der Waals surface area contributed by atoms with E-state index in [2.05, 4.69) is 16.0 Å². The molecule has 0 radical (unpaired) electrons. The molecule has 2 rings (SSSR count). The summed E-state index contributed by atoms with van der Waals surface area (Å²) in [5.41, 5.74) is 1.14. The molecule has 0 saturated carbocycles. The summed E-state index contributed by atoms with van der Waals surface area (Å²) in [6.07, 6.45) is 1.51. The maximum Gasteiger partial charge on any atom is 0.161 e. The van der Waals surface area contributed by atoms with E-state index in [1.54, 1.807) is 0 Å². The number of ether oxygens (including phenoxy) is 1. The Labute approximate surface area is 89.1 Å². The van der Waals surface area contributed by atoms with Crippen LogP contribution in [0.4, 0.5) is 5.82 Å². The largest absolute Gasteiger partial charge is 0.360 e. The first-order valence-corrected chi connectivity index (χ1v) is 4.98. The molecule has 78 valence electrons. The Kier molecular flexibility index (Phi) is 2.84. The van der Waals surface area contributed by atoms with E-state index in [9.17, 15) is 0 Å². The van der Waals surface area contributed by atoms with Gasteiger partial charge in [-0.05, 0) is 18.6 Å². The van der Waals surface area contributed by atoms with Crippen LogP contribution in [0.5, 0.6) is 0 Å². The van der Waals surface area contributed by atoms with Gasteiger partial charge in [-0.2, -0.15) is 5.26 Å². The number of aromatic nitrogens is 1. The SMILES string of the molecule is Cc1ccc(N2CCOC(C#N)C2)nc1. The molecule has 1 atom stereocenters. The van der Waals surface area contributed by atoms with Crippen LogP contribution in [-0.2, 0) is 4.74 Å². The third kappa shape index (κ3) is 2.25. The van der Waals surface area contributed by atoms with Crippen LogP contribution in [0, 0.1) is 18.3 Å². The second-order valence-electron chi connectivity index (χ2n) is 3.63. The molecule has 1 fully saturated rings. The predicted octanol–water partition coefficient (Wildman–Crippen LogP) is 1.12. The molecule has 2 heterocycles. The first kappa shape index (κ1) is 9.94. The molecule has 1 aliphatic rings. The first-order chi connectivity index (χ1) is 7.29. The molecular formula is C11H13N3O. The van der Waals surface area contributed by atoms with Crippen molar-refractivity contribution >= 4 is 5.82 Å². The minimum absolute atomic E-state index is 0.332. The van der Waals surface area contributed by atoms with Gasteiger partial charge in [0.15, 0.2) is 6.10 Å². The zero-order valence-corrected chi connectivity index (χ0v) is 8.68. The summed E-state index contributed by atoms with van der Waals surface area (Å²) in [5.74, 6) is 0.921. The van der Waals surface area contributed by atoms with Gasteiger partial charge in [0, 0.05) is 12.7 Å². The van der Waals surface area contributed by atoms with Gasteiger partial charge in [-0.15, -0.1) is 0 Å². The Morgan fingerprint density at radius 2 is 2.47 bits per heavy atom. The Morgan fingerprint density at radius 3 is 3.13 bits per heavy atom. The molecular weight excluding hydrogens is 190 g/mol. The summed E-state index contributed by atoms with van der Waals surface area (Å²) in [6.45, 7) is 4.00. The molecule has 0 spiro atoms. The highest BCUT2D eigenvalue weighted by Gasteiger charge is 2.20. The van der Waals surface area contributed by atoms with E-state index in [0.717, 1.165) is 17.9 Å². The fourth-order valence-electron chi connectivity index (χ4n) is 1.58. The summed E-state index contributed by atoms with van der Waals surface area (Å²) >= 11 is 0. The van der Waals surface area contributed by atoms with E-state index in [1.165, 1.54) is 0 Å². The number of morpholine rings is 1. The lowest BCUT2D eigenvalue weighted by atomic mass is 10.2. The quantitative estimate of drug-likeness (QED) is 0.686. The molecule has 0 N–H and O–H groups in total. The number of nitriles is 1. The first-order valence-electron chi connectivity index (χ1n) is 4.98. The topological polar surface area (TPSA) is 49.1 Å². The molecule has 4 nitrogen and oxygen atoms in total. The zero-order valence-electron chi connectivity index (χ0n) is 8.68. The van der Waals surface area contributed by atoms with Crippen LogP contribution in [0.15, 0.2) is 18.3 Å².